The van der Waals surface area contributed by atoms with Gasteiger partial charge in [-0.05, 0) is 59.7 Å². The summed E-state index contributed by atoms with van der Waals surface area (Å²) in [6, 6.07) is 21.3. The number of aromatic carboxylic acids is 1. The van der Waals surface area contributed by atoms with Crippen molar-refractivity contribution < 1.29 is 15.0 Å². The molecule has 0 saturated carbocycles. The normalized spacial score (nSPS) is 10.6. The molecule has 4 N–H and O–H groups in total. The second-order valence-corrected chi connectivity index (χ2v) is 6.25. The molecule has 0 bridgehead atoms. The van der Waals surface area contributed by atoms with Gasteiger partial charge in [-0.25, -0.2) is 4.79 Å². The number of nitrogens with zero attached hydrogens (tertiary/aromatic N) is 1. The number of hydrogen-bond donors (Lipinski definition) is 4. The van der Waals surface area contributed by atoms with Gasteiger partial charge < -0.3 is 15.5 Å². The molecule has 0 saturated heterocycles. The quantitative estimate of drug-likeness (QED) is 0.297. The third-order valence-corrected chi connectivity index (χ3v) is 4.09. The number of hydrazone groups is 1. The standard InChI is InChI=1S/C21H17N3O3S/c25-19-12-16(14-4-2-1-3-5-14)6-7-17(19)13-22-24-21(28)23-18-10-8-15(9-11-18)20(26)27/h1-13,25H,(H,26,27)(H2,23,24,28)/b22-13+. The largest absolute Gasteiger partial charge is 0.507 e. The van der Waals surface area contributed by atoms with Crippen LogP contribution < -0.4 is 10.7 Å². The van der Waals surface area contributed by atoms with Crippen LogP contribution in [0.1, 0.15) is 15.9 Å². The van der Waals surface area contributed by atoms with Gasteiger partial charge in [0.05, 0.1) is 11.8 Å². The lowest BCUT2D eigenvalue weighted by molar-refractivity contribution is 0.0697. The Bertz CT molecular complexity index is 1020. The molecule has 0 atom stereocenters. The Balaban J connectivity index is 1.59. The maximum Gasteiger partial charge on any atom is 0.335 e. The number of phenols is 1. The molecular weight excluding hydrogens is 374 g/mol. The molecule has 7 heteroatoms. The summed E-state index contributed by atoms with van der Waals surface area (Å²) >= 11 is 5.14. The van der Waals surface area contributed by atoms with Crippen LogP contribution in [-0.4, -0.2) is 27.5 Å². The van der Waals surface area contributed by atoms with Gasteiger partial charge in [0, 0.05) is 11.3 Å². The highest BCUT2D eigenvalue weighted by Crippen LogP contribution is 2.25. The number of carboxylic acids is 1. The molecule has 0 amide bonds. The Hall–Kier alpha value is -3.71. The summed E-state index contributed by atoms with van der Waals surface area (Å²) in [6.07, 6.45) is 1.46. The van der Waals surface area contributed by atoms with E-state index in [0.29, 0.717) is 11.3 Å². The predicted octanol–water partition coefficient (Wildman–Crippen LogP) is 4.08. The van der Waals surface area contributed by atoms with Crippen LogP contribution in [0.15, 0.2) is 77.9 Å². The first kappa shape index (κ1) is 19.1. The fourth-order valence-corrected chi connectivity index (χ4v) is 2.65. The van der Waals surface area contributed by atoms with Crippen molar-refractivity contribution in [3.63, 3.8) is 0 Å². The van der Waals surface area contributed by atoms with E-state index in [2.05, 4.69) is 15.8 Å². The molecule has 3 rings (SSSR count). The summed E-state index contributed by atoms with van der Waals surface area (Å²) in [5.41, 5.74) is 5.94. The van der Waals surface area contributed by atoms with Crippen molar-refractivity contribution in [2.24, 2.45) is 5.10 Å². The fourth-order valence-electron chi connectivity index (χ4n) is 2.48. The van der Waals surface area contributed by atoms with Crippen LogP contribution in [0.4, 0.5) is 5.69 Å². The van der Waals surface area contributed by atoms with Gasteiger partial charge in [-0.15, -0.1) is 0 Å². The molecule has 3 aromatic rings. The van der Waals surface area contributed by atoms with Crippen molar-refractivity contribution in [1.29, 1.82) is 0 Å². The molecule has 0 radical (unpaired) electrons. The van der Waals surface area contributed by atoms with Crippen molar-refractivity contribution in [2.45, 2.75) is 0 Å². The van der Waals surface area contributed by atoms with E-state index in [1.165, 1.54) is 18.3 Å². The SMILES string of the molecule is O=C(O)c1ccc(NC(=S)N/N=C/c2ccc(-c3ccccc3)cc2O)cc1. The molecule has 0 heterocycles. The Kier molecular flexibility index (Phi) is 5.98. The molecule has 28 heavy (non-hydrogen) atoms. The van der Waals surface area contributed by atoms with E-state index in [9.17, 15) is 9.90 Å². The molecule has 0 fully saturated rings. The van der Waals surface area contributed by atoms with Crippen molar-refractivity contribution >= 4 is 35.2 Å². The van der Waals surface area contributed by atoms with Crippen LogP contribution in [0, 0.1) is 0 Å². The minimum atomic E-state index is -0.991. The number of thiocarbonyl (C=S) groups is 1. The number of nitrogens with one attached hydrogen (secondary N) is 2. The fraction of sp³-hybridized carbons (Fsp3) is 0. The van der Waals surface area contributed by atoms with Gasteiger partial charge in [-0.3, -0.25) is 5.43 Å². The van der Waals surface area contributed by atoms with Crippen LogP contribution in [0.2, 0.25) is 0 Å². The van der Waals surface area contributed by atoms with Crippen molar-refractivity contribution in [1.82, 2.24) is 5.43 Å². The molecule has 0 aromatic heterocycles. The molecule has 0 unspecified atom stereocenters. The lowest BCUT2D eigenvalue weighted by Gasteiger charge is -2.07. The third-order valence-electron chi connectivity index (χ3n) is 3.90. The Morgan fingerprint density at radius 2 is 1.68 bits per heavy atom. The highest BCUT2D eigenvalue weighted by atomic mass is 32.1. The monoisotopic (exact) mass is 391 g/mol. The van der Waals surface area contributed by atoms with Gasteiger partial charge in [0.25, 0.3) is 0 Å². The predicted molar refractivity (Wildman–Crippen MR) is 114 cm³/mol. The molecule has 6 nitrogen and oxygen atoms in total. The lowest BCUT2D eigenvalue weighted by atomic mass is 10.0. The van der Waals surface area contributed by atoms with Gasteiger partial charge in [0.2, 0.25) is 0 Å². The number of anilines is 1. The summed E-state index contributed by atoms with van der Waals surface area (Å²) in [4.78, 5) is 10.8. The first-order valence-corrected chi connectivity index (χ1v) is 8.75. The van der Waals surface area contributed by atoms with Crippen LogP contribution >= 0.6 is 12.2 Å². The van der Waals surface area contributed by atoms with E-state index in [1.807, 2.05) is 36.4 Å². The Morgan fingerprint density at radius 1 is 0.964 bits per heavy atom. The van der Waals surface area contributed by atoms with E-state index in [-0.39, 0.29) is 16.4 Å². The number of hydrogen-bond acceptors (Lipinski definition) is 4. The van der Waals surface area contributed by atoms with Crippen molar-refractivity contribution in [3.8, 4) is 16.9 Å². The molecule has 0 aliphatic rings. The number of phenolic OH excluding ortho intramolecular Hbond substituents is 1. The molecule has 140 valence electrons. The van der Waals surface area contributed by atoms with Crippen LogP contribution in [0.3, 0.4) is 0 Å². The van der Waals surface area contributed by atoms with Gasteiger partial charge in [0.15, 0.2) is 5.11 Å². The second kappa shape index (κ2) is 8.79. The summed E-state index contributed by atoms with van der Waals surface area (Å²) < 4.78 is 0. The number of benzene rings is 3. The van der Waals surface area contributed by atoms with Crippen molar-refractivity contribution in [3.05, 3.63) is 83.9 Å². The maximum atomic E-state index is 10.8. The third kappa shape index (κ3) is 4.93. The van der Waals surface area contributed by atoms with Gasteiger partial charge >= 0.3 is 5.97 Å². The Labute approximate surface area is 167 Å². The maximum absolute atomic E-state index is 10.8. The van der Waals surface area contributed by atoms with Crippen LogP contribution in [0.5, 0.6) is 5.75 Å². The van der Waals surface area contributed by atoms with E-state index in [0.717, 1.165) is 11.1 Å². The van der Waals surface area contributed by atoms with Gasteiger partial charge in [0.1, 0.15) is 5.75 Å². The van der Waals surface area contributed by atoms with E-state index < -0.39 is 5.97 Å². The average Bonchev–Trinajstić information content (AvgIpc) is 2.70. The number of carboxylic acid groups (broad SMARTS) is 1. The first-order chi connectivity index (χ1) is 13.5. The lowest BCUT2D eigenvalue weighted by Crippen LogP contribution is -2.23. The zero-order valence-corrected chi connectivity index (χ0v) is 15.5. The second-order valence-electron chi connectivity index (χ2n) is 5.85. The Morgan fingerprint density at radius 3 is 2.32 bits per heavy atom. The number of carbonyl (C=O) groups is 1. The highest BCUT2D eigenvalue weighted by Gasteiger charge is 2.04. The van der Waals surface area contributed by atoms with Crippen LogP contribution in [-0.2, 0) is 0 Å². The van der Waals surface area contributed by atoms with Gasteiger partial charge in [-0.2, -0.15) is 5.10 Å². The smallest absolute Gasteiger partial charge is 0.335 e. The van der Waals surface area contributed by atoms with Crippen LogP contribution in [0.25, 0.3) is 11.1 Å². The highest BCUT2D eigenvalue weighted by molar-refractivity contribution is 7.80. The van der Waals surface area contributed by atoms with E-state index in [1.54, 1.807) is 24.3 Å². The molecule has 0 aliphatic carbocycles. The molecule has 0 spiro atoms. The molecule has 0 aliphatic heterocycles. The zero-order valence-electron chi connectivity index (χ0n) is 14.7. The van der Waals surface area contributed by atoms with Gasteiger partial charge in [-0.1, -0.05) is 36.4 Å². The summed E-state index contributed by atoms with van der Waals surface area (Å²) in [7, 11) is 0. The van der Waals surface area contributed by atoms with Crippen molar-refractivity contribution in [2.75, 3.05) is 5.32 Å². The average molecular weight is 391 g/mol. The van der Waals surface area contributed by atoms with E-state index >= 15 is 0 Å². The number of rotatable bonds is 5. The first-order valence-electron chi connectivity index (χ1n) is 8.35. The molecule has 3 aromatic carbocycles. The zero-order chi connectivity index (χ0) is 19.9. The minimum absolute atomic E-state index is 0.107. The summed E-state index contributed by atoms with van der Waals surface area (Å²) in [5, 5.41) is 26.2. The number of aromatic hydroxyl groups is 1. The summed E-state index contributed by atoms with van der Waals surface area (Å²) in [6.45, 7) is 0. The van der Waals surface area contributed by atoms with E-state index in [4.69, 9.17) is 17.3 Å². The topological polar surface area (TPSA) is 94.0 Å². The minimum Gasteiger partial charge on any atom is -0.507 e. The molecular formula is C21H17N3O3S. The summed E-state index contributed by atoms with van der Waals surface area (Å²) in [5.74, 6) is -0.884.